The van der Waals surface area contributed by atoms with Crippen molar-refractivity contribution in [3.8, 4) is 0 Å². The first kappa shape index (κ1) is 19.7. The van der Waals surface area contributed by atoms with E-state index in [2.05, 4.69) is 6.92 Å². The van der Waals surface area contributed by atoms with Gasteiger partial charge in [0, 0.05) is 27.3 Å². The van der Waals surface area contributed by atoms with Gasteiger partial charge in [0.05, 0.1) is 0 Å². The summed E-state index contributed by atoms with van der Waals surface area (Å²) in [4.78, 5) is 0. The van der Waals surface area contributed by atoms with Gasteiger partial charge in [-0.1, -0.05) is 12.8 Å². The summed E-state index contributed by atoms with van der Waals surface area (Å²) in [6.07, 6.45) is 23.2. The molecule has 0 aromatic rings. The Labute approximate surface area is 135 Å². The third-order valence-electron chi connectivity index (χ3n) is 3.23. The van der Waals surface area contributed by atoms with Gasteiger partial charge in [-0.3, -0.25) is 0 Å². The van der Waals surface area contributed by atoms with Gasteiger partial charge in [0.1, 0.15) is 0 Å². The van der Waals surface area contributed by atoms with E-state index >= 15 is 0 Å². The normalized spacial score (nSPS) is 32.7. The maximum Gasteiger partial charge on any atom is 0.0377 e. The quantitative estimate of drug-likeness (QED) is 0.535. The van der Waals surface area contributed by atoms with Crippen molar-refractivity contribution in [3.05, 3.63) is 71.1 Å². The van der Waals surface area contributed by atoms with E-state index in [0.717, 1.165) is 19.3 Å². The van der Waals surface area contributed by atoms with Crippen molar-refractivity contribution in [1.82, 2.24) is 0 Å². The van der Waals surface area contributed by atoms with E-state index in [1.165, 1.54) is 0 Å². The largest absolute Gasteiger partial charge is 0.393 e. The van der Waals surface area contributed by atoms with Gasteiger partial charge in [-0.2, -0.15) is 0 Å². The van der Waals surface area contributed by atoms with Crippen LogP contribution in [0.15, 0.2) is 0 Å². The zero-order valence-corrected chi connectivity index (χ0v) is 13.2. The van der Waals surface area contributed by atoms with Crippen LogP contribution in [0.4, 0.5) is 0 Å². The van der Waals surface area contributed by atoms with Crippen molar-refractivity contribution in [2.24, 2.45) is 5.92 Å². The average molecular weight is 291 g/mol. The molecule has 0 bridgehead atoms. The van der Waals surface area contributed by atoms with Gasteiger partial charge in [0.15, 0.2) is 0 Å². The van der Waals surface area contributed by atoms with E-state index in [1.807, 2.05) is 71.1 Å². The maximum absolute atomic E-state index is 9.40. The predicted octanol–water partition coefficient (Wildman–Crippen LogP) is 3.41. The standard InChI is InChI=1S/C7H13O.2C5H5.Ti/c1-6-4-3-5-7(6,2)8;2*1-2-4-5-3-1;/h6,8H,1,3-5H2,2H3;2*1-5H;/q-1;;;/t6-,7+;;;/m0.../s1. The fourth-order valence-electron chi connectivity index (χ4n) is 1.86. The third kappa shape index (κ3) is 9.26. The molecule has 2 heteroatoms. The molecule has 3 saturated carbocycles. The Balaban J connectivity index is 0.000000259. The van der Waals surface area contributed by atoms with Crippen LogP contribution in [0.25, 0.3) is 0 Å². The Morgan fingerprint density at radius 2 is 1.21 bits per heavy atom. The molecular weight excluding hydrogens is 268 g/mol. The van der Waals surface area contributed by atoms with Crippen LogP contribution in [0.5, 0.6) is 0 Å². The first-order valence-corrected chi connectivity index (χ1v) is 6.52. The second-order valence-electron chi connectivity index (χ2n) is 4.87. The summed E-state index contributed by atoms with van der Waals surface area (Å²) in [6, 6.07) is 0. The number of aliphatic hydroxyl groups is 1. The zero-order chi connectivity index (χ0) is 13.3. The molecule has 2 atom stereocenters. The molecule has 3 aliphatic carbocycles. The van der Waals surface area contributed by atoms with Crippen molar-refractivity contribution in [2.75, 3.05) is 0 Å². The third-order valence-corrected chi connectivity index (χ3v) is 3.23. The molecule has 0 unspecified atom stereocenters. The van der Waals surface area contributed by atoms with Gasteiger partial charge in [-0.05, 0) is 77.6 Å². The summed E-state index contributed by atoms with van der Waals surface area (Å²) >= 11 is 0. The number of rotatable bonds is 0. The minimum absolute atomic E-state index is 0. The summed E-state index contributed by atoms with van der Waals surface area (Å²) in [7, 11) is 0. The molecule has 0 aromatic heterocycles. The minimum Gasteiger partial charge on any atom is -0.393 e. The van der Waals surface area contributed by atoms with E-state index in [1.54, 1.807) is 0 Å². The van der Waals surface area contributed by atoms with E-state index in [-0.39, 0.29) is 27.6 Å². The number of hydrogen-bond acceptors (Lipinski definition) is 1. The fraction of sp³-hybridized carbons (Fsp3) is 0.353. The molecule has 1 nitrogen and oxygen atoms in total. The van der Waals surface area contributed by atoms with Gasteiger partial charge >= 0.3 is 0 Å². The molecular formula is C17H23OTi-. The van der Waals surface area contributed by atoms with Gasteiger partial charge in [-0.15, -0.1) is 5.92 Å². The van der Waals surface area contributed by atoms with Crippen LogP contribution < -0.4 is 0 Å². The van der Waals surface area contributed by atoms with Gasteiger partial charge < -0.3 is 12.0 Å². The zero-order valence-electron chi connectivity index (χ0n) is 11.6. The summed E-state index contributed by atoms with van der Waals surface area (Å²) in [6.45, 7) is 5.71. The second-order valence-corrected chi connectivity index (χ2v) is 4.87. The van der Waals surface area contributed by atoms with E-state index < -0.39 is 5.60 Å². The van der Waals surface area contributed by atoms with Gasteiger partial charge in [0.25, 0.3) is 0 Å². The molecule has 19 heavy (non-hydrogen) atoms. The molecule has 0 saturated heterocycles. The topological polar surface area (TPSA) is 20.2 Å². The Bertz CT molecular complexity index is 170. The molecule has 1 N–H and O–H groups in total. The van der Waals surface area contributed by atoms with Crippen LogP contribution in [-0.2, 0) is 21.7 Å². The number of hydrogen-bond donors (Lipinski definition) is 1. The first-order valence-electron chi connectivity index (χ1n) is 6.52. The van der Waals surface area contributed by atoms with Crippen molar-refractivity contribution >= 4 is 0 Å². The van der Waals surface area contributed by atoms with Crippen molar-refractivity contribution in [3.63, 3.8) is 0 Å². The van der Waals surface area contributed by atoms with Crippen LogP contribution in [0.2, 0.25) is 0 Å². The monoisotopic (exact) mass is 291 g/mol. The molecule has 102 valence electrons. The first-order chi connectivity index (χ1) is 8.63. The molecule has 3 rings (SSSR count). The Morgan fingerprint density at radius 3 is 1.32 bits per heavy atom. The molecule has 10 radical (unpaired) electrons. The predicted molar refractivity (Wildman–Crippen MR) is 76.3 cm³/mol. The smallest absolute Gasteiger partial charge is 0.0377 e. The summed E-state index contributed by atoms with van der Waals surface area (Å²) in [5.41, 5.74) is -0.458. The van der Waals surface area contributed by atoms with Crippen LogP contribution in [0.3, 0.4) is 0 Å². The van der Waals surface area contributed by atoms with Crippen molar-refractivity contribution in [1.29, 1.82) is 0 Å². The molecule has 3 fully saturated rings. The molecule has 0 aliphatic heterocycles. The van der Waals surface area contributed by atoms with Crippen LogP contribution in [0, 0.1) is 77.0 Å². The Morgan fingerprint density at radius 1 is 0.895 bits per heavy atom. The minimum atomic E-state index is -0.458. The molecule has 0 aromatic carbocycles. The van der Waals surface area contributed by atoms with Crippen molar-refractivity contribution in [2.45, 2.75) is 31.8 Å². The van der Waals surface area contributed by atoms with E-state index in [4.69, 9.17) is 0 Å². The Hall–Kier alpha value is 0.674. The molecule has 0 heterocycles. The van der Waals surface area contributed by atoms with Crippen LogP contribution in [-0.4, -0.2) is 10.7 Å². The van der Waals surface area contributed by atoms with Gasteiger partial charge in [-0.25, -0.2) is 0 Å². The molecule has 3 aliphatic rings. The second kappa shape index (κ2) is 11.3. The van der Waals surface area contributed by atoms with Crippen LogP contribution >= 0.6 is 0 Å². The van der Waals surface area contributed by atoms with E-state index in [9.17, 15) is 5.11 Å². The SMILES string of the molecule is [CH2-][C@H]1CCC[C@@]1(C)O.[CH]1[CH][CH][CH][CH]1.[CH]1[CH][CH][CH][CH]1.[Ti]. The molecule has 0 amide bonds. The Kier molecular flexibility index (Phi) is 11.7. The van der Waals surface area contributed by atoms with Gasteiger partial charge in [0.2, 0.25) is 0 Å². The van der Waals surface area contributed by atoms with Crippen LogP contribution in [0.1, 0.15) is 26.2 Å². The fourth-order valence-corrected chi connectivity index (χ4v) is 1.86. The van der Waals surface area contributed by atoms with E-state index in [0.29, 0.717) is 0 Å². The summed E-state index contributed by atoms with van der Waals surface area (Å²) in [5, 5.41) is 9.40. The van der Waals surface area contributed by atoms with Crippen molar-refractivity contribution < 1.29 is 26.8 Å². The maximum atomic E-state index is 9.40. The summed E-state index contributed by atoms with van der Waals surface area (Å²) < 4.78 is 0. The molecule has 0 spiro atoms. The average Bonchev–Trinajstić information content (AvgIpc) is 3.07. The summed E-state index contributed by atoms with van der Waals surface area (Å²) in [5.74, 6) is 0.266.